The van der Waals surface area contributed by atoms with Crippen molar-refractivity contribution in [3.63, 3.8) is 0 Å². The standard InChI is InChI=1S/C19H33N3O2/c1-4-6-12-23-14-15-24-13-11-21-19(20-5-2)22-16-18-10-8-7-9-17(18)3/h7-10H,4-6,11-16H2,1-3H3,(H2,20,21,22). The summed E-state index contributed by atoms with van der Waals surface area (Å²) in [7, 11) is 0. The molecule has 0 amide bonds. The van der Waals surface area contributed by atoms with Crippen LogP contribution in [-0.2, 0) is 16.0 Å². The van der Waals surface area contributed by atoms with Crippen LogP contribution < -0.4 is 10.6 Å². The van der Waals surface area contributed by atoms with Crippen LogP contribution in [0.2, 0.25) is 0 Å². The fraction of sp³-hybridized carbons (Fsp3) is 0.632. The van der Waals surface area contributed by atoms with Crippen molar-refractivity contribution in [2.45, 2.75) is 40.2 Å². The van der Waals surface area contributed by atoms with Gasteiger partial charge in [-0.05, 0) is 31.4 Å². The highest BCUT2D eigenvalue weighted by atomic mass is 16.5. The van der Waals surface area contributed by atoms with E-state index < -0.39 is 0 Å². The second-order valence-corrected chi connectivity index (χ2v) is 5.63. The fourth-order valence-corrected chi connectivity index (χ4v) is 2.10. The van der Waals surface area contributed by atoms with E-state index in [1.165, 1.54) is 17.5 Å². The van der Waals surface area contributed by atoms with E-state index in [1.54, 1.807) is 0 Å². The van der Waals surface area contributed by atoms with Gasteiger partial charge in [-0.1, -0.05) is 37.6 Å². The summed E-state index contributed by atoms with van der Waals surface area (Å²) in [5, 5.41) is 6.55. The monoisotopic (exact) mass is 335 g/mol. The molecule has 136 valence electrons. The van der Waals surface area contributed by atoms with E-state index in [2.05, 4.69) is 60.7 Å². The van der Waals surface area contributed by atoms with E-state index in [9.17, 15) is 0 Å². The molecule has 0 saturated carbocycles. The average Bonchev–Trinajstić information content (AvgIpc) is 2.59. The van der Waals surface area contributed by atoms with Gasteiger partial charge in [0.25, 0.3) is 0 Å². The summed E-state index contributed by atoms with van der Waals surface area (Å²) in [6, 6.07) is 8.33. The Kier molecular flexibility index (Phi) is 11.8. The summed E-state index contributed by atoms with van der Waals surface area (Å²) in [6.07, 6.45) is 2.28. The third-order valence-electron chi connectivity index (χ3n) is 3.57. The number of nitrogens with one attached hydrogen (secondary N) is 2. The zero-order valence-electron chi connectivity index (χ0n) is 15.4. The first-order valence-corrected chi connectivity index (χ1v) is 9.00. The van der Waals surface area contributed by atoms with Crippen LogP contribution in [0.5, 0.6) is 0 Å². The average molecular weight is 335 g/mol. The van der Waals surface area contributed by atoms with Crippen LogP contribution >= 0.6 is 0 Å². The smallest absolute Gasteiger partial charge is 0.191 e. The number of unbranched alkanes of at least 4 members (excludes halogenated alkanes) is 1. The summed E-state index contributed by atoms with van der Waals surface area (Å²) in [5.74, 6) is 0.823. The Bertz CT molecular complexity index is 464. The number of benzene rings is 1. The highest BCUT2D eigenvalue weighted by Gasteiger charge is 1.99. The number of rotatable bonds is 12. The van der Waals surface area contributed by atoms with Crippen LogP contribution in [-0.4, -0.2) is 45.5 Å². The second kappa shape index (κ2) is 13.8. The normalized spacial score (nSPS) is 11.5. The molecule has 5 heteroatoms. The van der Waals surface area contributed by atoms with E-state index in [1.807, 2.05) is 0 Å². The predicted molar refractivity (Wildman–Crippen MR) is 101 cm³/mol. The number of hydrogen-bond donors (Lipinski definition) is 2. The Morgan fingerprint density at radius 3 is 2.46 bits per heavy atom. The van der Waals surface area contributed by atoms with Crippen molar-refractivity contribution in [1.29, 1.82) is 0 Å². The molecule has 1 aromatic carbocycles. The summed E-state index contributed by atoms with van der Waals surface area (Å²) in [4.78, 5) is 4.63. The molecule has 0 aliphatic rings. The quantitative estimate of drug-likeness (QED) is 0.350. The zero-order valence-corrected chi connectivity index (χ0v) is 15.4. The van der Waals surface area contributed by atoms with Crippen molar-refractivity contribution in [1.82, 2.24) is 10.6 Å². The molecule has 0 spiro atoms. The van der Waals surface area contributed by atoms with Crippen molar-refractivity contribution in [2.75, 3.05) is 39.5 Å². The van der Waals surface area contributed by atoms with Gasteiger partial charge in [-0.3, -0.25) is 0 Å². The van der Waals surface area contributed by atoms with E-state index in [-0.39, 0.29) is 0 Å². The van der Waals surface area contributed by atoms with Gasteiger partial charge in [0.1, 0.15) is 0 Å². The molecule has 24 heavy (non-hydrogen) atoms. The molecule has 1 rings (SSSR count). The minimum absolute atomic E-state index is 0.641. The first kappa shape index (κ1) is 20.5. The molecule has 0 aliphatic carbocycles. The van der Waals surface area contributed by atoms with Gasteiger partial charge in [0.05, 0.1) is 26.4 Å². The number of aliphatic imine (C=N–C) groups is 1. The Labute approximate surface area is 146 Å². The third-order valence-corrected chi connectivity index (χ3v) is 3.57. The van der Waals surface area contributed by atoms with Crippen LogP contribution in [0.4, 0.5) is 0 Å². The maximum atomic E-state index is 5.55. The molecule has 0 aromatic heterocycles. The fourth-order valence-electron chi connectivity index (χ4n) is 2.10. The summed E-state index contributed by atoms with van der Waals surface area (Å²) in [5.41, 5.74) is 2.51. The molecule has 0 saturated heterocycles. The maximum absolute atomic E-state index is 5.55. The summed E-state index contributed by atoms with van der Waals surface area (Å²) < 4.78 is 11.0. The number of hydrogen-bond acceptors (Lipinski definition) is 3. The largest absolute Gasteiger partial charge is 0.379 e. The minimum Gasteiger partial charge on any atom is -0.379 e. The molecule has 0 fully saturated rings. The molecular weight excluding hydrogens is 302 g/mol. The van der Waals surface area contributed by atoms with Gasteiger partial charge in [0.2, 0.25) is 0 Å². The van der Waals surface area contributed by atoms with E-state index >= 15 is 0 Å². The number of nitrogens with zero attached hydrogens (tertiary/aromatic N) is 1. The molecule has 0 bridgehead atoms. The lowest BCUT2D eigenvalue weighted by Gasteiger charge is -2.12. The van der Waals surface area contributed by atoms with Crippen molar-refractivity contribution in [3.05, 3.63) is 35.4 Å². The van der Waals surface area contributed by atoms with Crippen LogP contribution in [0.15, 0.2) is 29.3 Å². The van der Waals surface area contributed by atoms with Crippen LogP contribution in [0.1, 0.15) is 37.8 Å². The second-order valence-electron chi connectivity index (χ2n) is 5.63. The van der Waals surface area contributed by atoms with Gasteiger partial charge in [0.15, 0.2) is 5.96 Å². The molecule has 0 aliphatic heterocycles. The molecular formula is C19H33N3O2. The molecule has 5 nitrogen and oxygen atoms in total. The van der Waals surface area contributed by atoms with E-state index in [0.29, 0.717) is 26.4 Å². The molecule has 2 N–H and O–H groups in total. The Hall–Kier alpha value is -1.59. The van der Waals surface area contributed by atoms with Crippen LogP contribution in [0.3, 0.4) is 0 Å². The maximum Gasteiger partial charge on any atom is 0.191 e. The molecule has 0 unspecified atom stereocenters. The van der Waals surface area contributed by atoms with E-state index in [4.69, 9.17) is 9.47 Å². The van der Waals surface area contributed by atoms with Crippen molar-refractivity contribution in [2.24, 2.45) is 4.99 Å². The third kappa shape index (κ3) is 9.53. The van der Waals surface area contributed by atoms with E-state index in [0.717, 1.165) is 32.1 Å². The number of ether oxygens (including phenoxy) is 2. The van der Waals surface area contributed by atoms with Gasteiger partial charge in [-0.2, -0.15) is 0 Å². The lowest BCUT2D eigenvalue weighted by Crippen LogP contribution is -2.39. The number of aryl methyl sites for hydroxylation is 1. The van der Waals surface area contributed by atoms with Crippen LogP contribution in [0, 0.1) is 6.92 Å². The van der Waals surface area contributed by atoms with Gasteiger partial charge >= 0.3 is 0 Å². The first-order chi connectivity index (χ1) is 11.8. The number of guanidine groups is 1. The van der Waals surface area contributed by atoms with Gasteiger partial charge in [-0.15, -0.1) is 0 Å². The highest BCUT2D eigenvalue weighted by molar-refractivity contribution is 5.79. The van der Waals surface area contributed by atoms with Gasteiger partial charge in [0, 0.05) is 19.7 Å². The SMILES string of the molecule is CCCCOCCOCCNC(=NCc1ccccc1C)NCC. The molecule has 0 radical (unpaired) electrons. The first-order valence-electron chi connectivity index (χ1n) is 9.00. The summed E-state index contributed by atoms with van der Waals surface area (Å²) >= 11 is 0. The van der Waals surface area contributed by atoms with Gasteiger partial charge in [-0.25, -0.2) is 4.99 Å². The molecule has 0 heterocycles. The predicted octanol–water partition coefficient (Wildman–Crippen LogP) is 2.88. The molecule has 1 aromatic rings. The summed E-state index contributed by atoms with van der Waals surface area (Å²) in [6.45, 7) is 11.4. The zero-order chi connectivity index (χ0) is 17.5. The Morgan fingerprint density at radius 1 is 1.00 bits per heavy atom. The molecule has 0 atom stereocenters. The highest BCUT2D eigenvalue weighted by Crippen LogP contribution is 2.07. The lowest BCUT2D eigenvalue weighted by atomic mass is 10.1. The Morgan fingerprint density at radius 2 is 1.75 bits per heavy atom. The van der Waals surface area contributed by atoms with Crippen molar-refractivity contribution < 1.29 is 9.47 Å². The van der Waals surface area contributed by atoms with Gasteiger partial charge < -0.3 is 20.1 Å². The van der Waals surface area contributed by atoms with Crippen molar-refractivity contribution >= 4 is 5.96 Å². The Balaban J connectivity index is 2.21. The minimum atomic E-state index is 0.641. The van der Waals surface area contributed by atoms with Crippen molar-refractivity contribution in [3.8, 4) is 0 Å². The lowest BCUT2D eigenvalue weighted by molar-refractivity contribution is 0.0487. The van der Waals surface area contributed by atoms with Crippen LogP contribution in [0.25, 0.3) is 0 Å². The topological polar surface area (TPSA) is 54.9 Å².